The molecule has 13 heteroatoms. The number of likely N-dealkylation sites (tertiary alicyclic amines) is 1. The van der Waals surface area contributed by atoms with Gasteiger partial charge in [0, 0.05) is 24.0 Å². The van der Waals surface area contributed by atoms with Crippen LogP contribution in [-0.2, 0) is 4.79 Å². The Kier molecular flexibility index (Phi) is 8.84. The lowest BCUT2D eigenvalue weighted by molar-refractivity contribution is -0.384. The number of carboxylic acids is 2. The molecule has 1 aliphatic heterocycles. The highest BCUT2D eigenvalue weighted by Crippen LogP contribution is 2.37. The summed E-state index contributed by atoms with van der Waals surface area (Å²) in [4.78, 5) is 48.1. The third kappa shape index (κ3) is 7.05. The van der Waals surface area contributed by atoms with E-state index in [-0.39, 0.29) is 34.0 Å². The Bertz CT molecular complexity index is 1430. The molecule has 40 heavy (non-hydrogen) atoms. The number of nitro groups is 1. The topological polar surface area (TPSA) is 169 Å². The van der Waals surface area contributed by atoms with E-state index < -0.39 is 23.5 Å². The lowest BCUT2D eigenvalue weighted by atomic mass is 9.98. The van der Waals surface area contributed by atoms with Crippen molar-refractivity contribution in [3.05, 3.63) is 69.1 Å². The van der Waals surface area contributed by atoms with Crippen LogP contribution in [0.2, 0.25) is 0 Å². The van der Waals surface area contributed by atoms with Gasteiger partial charge in [0.05, 0.1) is 11.5 Å². The molecule has 1 aliphatic rings. The molecule has 4 rings (SSSR count). The highest BCUT2D eigenvalue weighted by molar-refractivity contribution is 7.17. The summed E-state index contributed by atoms with van der Waals surface area (Å²) in [5, 5.41) is 32.3. The molecule has 0 spiro atoms. The maximum absolute atomic E-state index is 12.7. The Balaban J connectivity index is 1.32. The molecule has 0 atom stereocenters. The zero-order valence-electron chi connectivity index (χ0n) is 21.5. The summed E-state index contributed by atoms with van der Waals surface area (Å²) in [6, 6.07) is 12.9. The number of rotatable bonds is 10. The second-order valence-electron chi connectivity index (χ2n) is 9.27. The fourth-order valence-corrected chi connectivity index (χ4v) is 5.20. The summed E-state index contributed by atoms with van der Waals surface area (Å²) in [7, 11) is 0. The van der Waals surface area contributed by atoms with Crippen LogP contribution in [0.5, 0.6) is 11.5 Å². The van der Waals surface area contributed by atoms with Gasteiger partial charge in [0.25, 0.3) is 5.69 Å². The van der Waals surface area contributed by atoms with Crippen molar-refractivity contribution in [1.82, 2.24) is 4.90 Å². The molecule has 2 amide bonds. The van der Waals surface area contributed by atoms with Crippen LogP contribution in [-0.4, -0.2) is 64.3 Å². The number of ether oxygens (including phenoxy) is 2. The Labute approximate surface area is 232 Å². The van der Waals surface area contributed by atoms with E-state index in [0.717, 1.165) is 16.9 Å². The van der Waals surface area contributed by atoms with Crippen LogP contribution >= 0.6 is 11.3 Å². The molecule has 1 fully saturated rings. The first-order valence-corrected chi connectivity index (χ1v) is 13.2. The molecule has 2 heterocycles. The molecular weight excluding hydrogens is 542 g/mol. The quantitative estimate of drug-likeness (QED) is 0.222. The molecule has 0 unspecified atom stereocenters. The molecule has 0 aliphatic carbocycles. The van der Waals surface area contributed by atoms with Gasteiger partial charge in [0.1, 0.15) is 17.2 Å². The molecule has 1 aromatic heterocycles. The number of aromatic carboxylic acids is 1. The van der Waals surface area contributed by atoms with E-state index in [2.05, 4.69) is 5.32 Å². The van der Waals surface area contributed by atoms with Gasteiger partial charge < -0.3 is 29.9 Å². The number of carbonyl (C=O) groups excluding carboxylic acids is 1. The van der Waals surface area contributed by atoms with Crippen LogP contribution < -0.4 is 14.8 Å². The number of aryl methyl sites for hydroxylation is 1. The number of thiophene rings is 1. The van der Waals surface area contributed by atoms with E-state index in [0.29, 0.717) is 48.7 Å². The van der Waals surface area contributed by atoms with Gasteiger partial charge in [0.2, 0.25) is 0 Å². The van der Waals surface area contributed by atoms with Crippen LogP contribution in [0.15, 0.2) is 48.5 Å². The SMILES string of the molecule is Cc1ccc(NC(=O)N2CCC(COc3cccc(-c4cc(OCC(=O)O)c(C(=O)O)s4)c3)CC2)c([N+](=O)[O-])c1. The van der Waals surface area contributed by atoms with E-state index in [1.165, 1.54) is 18.2 Å². The van der Waals surface area contributed by atoms with Crippen LogP contribution in [0, 0.1) is 23.0 Å². The van der Waals surface area contributed by atoms with E-state index in [1.807, 2.05) is 0 Å². The predicted octanol–water partition coefficient (Wildman–Crippen LogP) is 5.12. The average molecular weight is 570 g/mol. The molecule has 210 valence electrons. The largest absolute Gasteiger partial charge is 0.493 e. The first kappa shape index (κ1) is 28.4. The molecule has 3 aromatic rings. The van der Waals surface area contributed by atoms with Crippen molar-refractivity contribution in [3.63, 3.8) is 0 Å². The Morgan fingerprint density at radius 2 is 1.85 bits per heavy atom. The normalized spacial score (nSPS) is 13.5. The van der Waals surface area contributed by atoms with Gasteiger partial charge in [-0.2, -0.15) is 0 Å². The van der Waals surface area contributed by atoms with Crippen molar-refractivity contribution in [1.29, 1.82) is 0 Å². The summed E-state index contributed by atoms with van der Waals surface area (Å²) >= 11 is 0.980. The van der Waals surface area contributed by atoms with Crippen molar-refractivity contribution < 1.29 is 39.0 Å². The maximum atomic E-state index is 12.7. The number of benzene rings is 2. The number of carboxylic acid groups (broad SMARTS) is 2. The Morgan fingerprint density at radius 3 is 2.52 bits per heavy atom. The number of nitrogens with zero attached hydrogens (tertiary/aromatic N) is 2. The van der Waals surface area contributed by atoms with Gasteiger partial charge >= 0.3 is 18.0 Å². The molecular formula is C27H27N3O9S. The van der Waals surface area contributed by atoms with Crippen molar-refractivity contribution >= 4 is 40.7 Å². The van der Waals surface area contributed by atoms with Gasteiger partial charge in [-0.15, -0.1) is 11.3 Å². The predicted molar refractivity (Wildman–Crippen MR) is 146 cm³/mol. The number of piperidine rings is 1. The lowest BCUT2D eigenvalue weighted by Crippen LogP contribution is -2.42. The summed E-state index contributed by atoms with van der Waals surface area (Å²) in [6.07, 6.45) is 1.39. The number of hydrogen-bond acceptors (Lipinski definition) is 8. The molecule has 2 aromatic carbocycles. The van der Waals surface area contributed by atoms with E-state index >= 15 is 0 Å². The molecule has 1 saturated heterocycles. The number of urea groups is 1. The Hall–Kier alpha value is -4.65. The van der Waals surface area contributed by atoms with Gasteiger partial charge in [-0.05, 0) is 61.1 Å². The zero-order chi connectivity index (χ0) is 28.8. The molecule has 12 nitrogen and oxygen atoms in total. The number of hydrogen-bond donors (Lipinski definition) is 3. The second kappa shape index (κ2) is 12.5. The number of carbonyl (C=O) groups is 3. The fourth-order valence-electron chi connectivity index (χ4n) is 4.26. The van der Waals surface area contributed by atoms with Gasteiger partial charge in [-0.25, -0.2) is 14.4 Å². The van der Waals surface area contributed by atoms with Crippen molar-refractivity contribution in [2.45, 2.75) is 19.8 Å². The summed E-state index contributed by atoms with van der Waals surface area (Å²) in [5.74, 6) is -1.64. The first-order valence-electron chi connectivity index (χ1n) is 12.4. The summed E-state index contributed by atoms with van der Waals surface area (Å²) in [6.45, 7) is 2.47. The third-order valence-electron chi connectivity index (χ3n) is 6.34. The smallest absolute Gasteiger partial charge is 0.349 e. The van der Waals surface area contributed by atoms with Crippen LogP contribution in [0.1, 0.15) is 28.1 Å². The van der Waals surface area contributed by atoms with E-state index in [1.54, 1.807) is 42.2 Å². The molecule has 0 saturated carbocycles. The van der Waals surface area contributed by atoms with Gasteiger partial charge in [-0.3, -0.25) is 10.1 Å². The van der Waals surface area contributed by atoms with E-state index in [4.69, 9.17) is 14.6 Å². The van der Waals surface area contributed by atoms with Crippen molar-refractivity contribution in [3.8, 4) is 21.9 Å². The lowest BCUT2D eigenvalue weighted by Gasteiger charge is -2.31. The highest BCUT2D eigenvalue weighted by atomic mass is 32.1. The fraction of sp³-hybridized carbons (Fsp3) is 0.296. The number of nitro benzene ring substituents is 1. The Morgan fingerprint density at radius 1 is 1.10 bits per heavy atom. The van der Waals surface area contributed by atoms with Crippen molar-refractivity contribution in [2.24, 2.45) is 5.92 Å². The van der Waals surface area contributed by atoms with Crippen LogP contribution in [0.3, 0.4) is 0 Å². The van der Waals surface area contributed by atoms with Crippen molar-refractivity contribution in [2.75, 3.05) is 31.6 Å². The zero-order valence-corrected chi connectivity index (χ0v) is 22.3. The minimum atomic E-state index is -1.21. The van der Waals surface area contributed by atoms with Gasteiger partial charge in [-0.1, -0.05) is 18.2 Å². The van der Waals surface area contributed by atoms with Gasteiger partial charge in [0.15, 0.2) is 11.5 Å². The van der Waals surface area contributed by atoms with Crippen LogP contribution in [0.4, 0.5) is 16.2 Å². The third-order valence-corrected chi connectivity index (χ3v) is 7.49. The number of anilines is 1. The monoisotopic (exact) mass is 569 g/mol. The number of amides is 2. The minimum Gasteiger partial charge on any atom is -0.493 e. The molecule has 3 N–H and O–H groups in total. The van der Waals surface area contributed by atoms with E-state index in [9.17, 15) is 29.6 Å². The summed E-state index contributed by atoms with van der Waals surface area (Å²) < 4.78 is 11.1. The van der Waals surface area contributed by atoms with Crippen LogP contribution in [0.25, 0.3) is 10.4 Å². The first-order chi connectivity index (χ1) is 19.1. The highest BCUT2D eigenvalue weighted by Gasteiger charge is 2.25. The minimum absolute atomic E-state index is 0.00555. The second-order valence-corrected chi connectivity index (χ2v) is 10.3. The molecule has 0 radical (unpaired) electrons. The molecule has 0 bridgehead atoms. The average Bonchev–Trinajstić information content (AvgIpc) is 3.37. The summed E-state index contributed by atoms with van der Waals surface area (Å²) in [5.41, 5.74) is 1.44. The maximum Gasteiger partial charge on any atom is 0.349 e. The number of aliphatic carboxylic acids is 1. The standard InChI is InChI=1S/C27H27N3O9S/c1-16-5-6-20(21(11-16)30(36)37)28-27(35)29-9-7-17(8-10-29)14-38-19-4-2-3-18(12-19)23-13-22(39-15-24(31)32)25(40-23)26(33)34/h2-6,11-13,17H,7-10,14-15H2,1H3,(H,28,35)(H,31,32)(H,33,34). The number of nitrogens with one attached hydrogen (secondary N) is 1.